The van der Waals surface area contributed by atoms with Crippen molar-refractivity contribution in [3.05, 3.63) is 73.4 Å². The molecule has 0 unspecified atom stereocenters. The monoisotopic (exact) mass is 424 g/mol. The number of hydrogen-bond acceptors (Lipinski definition) is 4. The lowest BCUT2D eigenvalue weighted by Gasteiger charge is -2.14. The third-order valence-corrected chi connectivity index (χ3v) is 5.80. The van der Waals surface area contributed by atoms with Crippen molar-refractivity contribution in [1.82, 2.24) is 28.5 Å². The van der Waals surface area contributed by atoms with Crippen LogP contribution < -0.4 is 11.2 Å². The first kappa shape index (κ1) is 20.8. The van der Waals surface area contributed by atoms with Crippen LogP contribution in [0.3, 0.4) is 0 Å². The average molecular weight is 424 g/mol. The number of aromatic nitrogens is 6. The predicted molar refractivity (Wildman–Crippen MR) is 116 cm³/mol. The van der Waals surface area contributed by atoms with E-state index in [0.29, 0.717) is 5.95 Å². The van der Waals surface area contributed by atoms with Crippen molar-refractivity contribution in [3.8, 4) is 5.95 Å². The molecule has 162 valence electrons. The Hall–Kier alpha value is -3.49. The fourth-order valence-electron chi connectivity index (χ4n) is 3.82. The summed E-state index contributed by atoms with van der Waals surface area (Å²) in [5.41, 5.74) is 2.58. The van der Waals surface area contributed by atoms with E-state index in [1.165, 1.54) is 10.6 Å². The van der Waals surface area contributed by atoms with Crippen molar-refractivity contribution in [1.29, 1.82) is 0 Å². The van der Waals surface area contributed by atoms with Crippen molar-refractivity contribution >= 4 is 11.2 Å². The highest BCUT2D eigenvalue weighted by Crippen LogP contribution is 2.23. The molecular formula is C22H25FN6O2. The maximum atomic E-state index is 14.2. The average Bonchev–Trinajstić information content (AvgIpc) is 3.25. The number of hydrogen-bond donors (Lipinski definition) is 0. The number of rotatable bonds is 4. The highest BCUT2D eigenvalue weighted by molar-refractivity contribution is 5.73. The molecule has 3 heterocycles. The molecule has 0 aliphatic carbocycles. The van der Waals surface area contributed by atoms with Crippen molar-refractivity contribution < 1.29 is 4.39 Å². The fraction of sp³-hybridized carbons (Fsp3) is 0.364. The maximum absolute atomic E-state index is 14.2. The summed E-state index contributed by atoms with van der Waals surface area (Å²) in [6, 6.07) is 5.99. The summed E-state index contributed by atoms with van der Waals surface area (Å²) in [6.45, 7) is 9.55. The molecule has 0 fully saturated rings. The van der Waals surface area contributed by atoms with Crippen molar-refractivity contribution in [2.75, 3.05) is 0 Å². The van der Waals surface area contributed by atoms with Crippen LogP contribution in [-0.4, -0.2) is 28.5 Å². The molecule has 3 aromatic heterocycles. The molecule has 4 aromatic rings. The van der Waals surface area contributed by atoms with Gasteiger partial charge >= 0.3 is 5.69 Å². The van der Waals surface area contributed by atoms with E-state index in [9.17, 15) is 14.0 Å². The second kappa shape index (κ2) is 7.33. The van der Waals surface area contributed by atoms with Crippen LogP contribution in [0.4, 0.5) is 4.39 Å². The molecule has 31 heavy (non-hydrogen) atoms. The third-order valence-electron chi connectivity index (χ3n) is 5.80. The molecule has 0 amide bonds. The van der Waals surface area contributed by atoms with Crippen LogP contribution in [-0.2, 0) is 13.6 Å². The van der Waals surface area contributed by atoms with Crippen LogP contribution in [0.25, 0.3) is 17.1 Å². The van der Waals surface area contributed by atoms with E-state index < -0.39 is 17.1 Å². The van der Waals surface area contributed by atoms with Crippen LogP contribution >= 0.6 is 0 Å². The highest BCUT2D eigenvalue weighted by atomic mass is 19.1. The van der Waals surface area contributed by atoms with Gasteiger partial charge in [0, 0.05) is 24.3 Å². The summed E-state index contributed by atoms with van der Waals surface area (Å²) in [5, 5.41) is 4.59. The fourth-order valence-corrected chi connectivity index (χ4v) is 3.82. The number of nitrogens with zero attached hydrogens (tertiary/aromatic N) is 6. The number of halogens is 1. The van der Waals surface area contributed by atoms with Gasteiger partial charge in [-0.1, -0.05) is 18.2 Å². The van der Waals surface area contributed by atoms with E-state index >= 15 is 0 Å². The second-order valence-corrected chi connectivity index (χ2v) is 8.08. The zero-order valence-corrected chi connectivity index (χ0v) is 18.5. The molecule has 0 atom stereocenters. The van der Waals surface area contributed by atoms with Crippen LogP contribution in [0.5, 0.6) is 0 Å². The normalized spacial score (nSPS) is 11.7. The van der Waals surface area contributed by atoms with Gasteiger partial charge in [0.05, 0.1) is 12.2 Å². The molecule has 0 bridgehead atoms. The molecule has 0 aliphatic rings. The van der Waals surface area contributed by atoms with Crippen LogP contribution in [0.15, 0.2) is 33.9 Å². The van der Waals surface area contributed by atoms with E-state index in [4.69, 9.17) is 0 Å². The molecule has 4 rings (SSSR count). The third kappa shape index (κ3) is 3.11. The molecule has 0 aliphatic heterocycles. The number of imidazole rings is 1. The van der Waals surface area contributed by atoms with Crippen LogP contribution in [0.1, 0.15) is 42.4 Å². The minimum absolute atomic E-state index is 0.128. The van der Waals surface area contributed by atoms with Gasteiger partial charge in [0.15, 0.2) is 11.2 Å². The summed E-state index contributed by atoms with van der Waals surface area (Å²) in [4.78, 5) is 31.1. The van der Waals surface area contributed by atoms with Gasteiger partial charge in [0.25, 0.3) is 5.56 Å². The SMILES string of the molecule is Cc1nn(-c2nc3c(c(=O)n(Cc4ccccc4F)c(=O)n3C)n2C(C)C)c(C)c1C. The Bertz CT molecular complexity index is 1440. The summed E-state index contributed by atoms with van der Waals surface area (Å²) >= 11 is 0. The van der Waals surface area contributed by atoms with Gasteiger partial charge in [0.1, 0.15) is 5.82 Å². The Kier molecular flexibility index (Phi) is 4.91. The lowest BCUT2D eigenvalue weighted by Crippen LogP contribution is -2.40. The number of aryl methyl sites for hydroxylation is 2. The molecular weight excluding hydrogens is 399 g/mol. The lowest BCUT2D eigenvalue weighted by molar-refractivity contribution is 0.569. The Morgan fingerprint density at radius 1 is 1.10 bits per heavy atom. The zero-order chi connectivity index (χ0) is 22.6. The molecule has 0 saturated heterocycles. The lowest BCUT2D eigenvalue weighted by atomic mass is 10.2. The molecule has 9 heteroatoms. The molecule has 0 radical (unpaired) electrons. The van der Waals surface area contributed by atoms with E-state index in [2.05, 4.69) is 10.1 Å². The smallest absolute Gasteiger partial charge is 0.300 e. The molecule has 0 N–H and O–H groups in total. The summed E-state index contributed by atoms with van der Waals surface area (Å²) in [5.74, 6) is 0.00200. The van der Waals surface area contributed by atoms with Crippen molar-refractivity contribution in [2.24, 2.45) is 7.05 Å². The second-order valence-electron chi connectivity index (χ2n) is 8.08. The van der Waals surface area contributed by atoms with E-state index in [-0.39, 0.29) is 29.3 Å². The Labute approximate surface area is 178 Å². The summed E-state index contributed by atoms with van der Waals surface area (Å²) in [7, 11) is 1.57. The van der Waals surface area contributed by atoms with E-state index in [0.717, 1.165) is 21.5 Å². The quantitative estimate of drug-likeness (QED) is 0.505. The number of fused-ring (bicyclic) bond motifs is 1. The zero-order valence-electron chi connectivity index (χ0n) is 18.5. The molecule has 0 spiro atoms. The topological polar surface area (TPSA) is 79.6 Å². The Morgan fingerprint density at radius 2 is 1.77 bits per heavy atom. The van der Waals surface area contributed by atoms with Gasteiger partial charge in [-0.2, -0.15) is 10.1 Å². The highest BCUT2D eigenvalue weighted by Gasteiger charge is 2.25. The van der Waals surface area contributed by atoms with Gasteiger partial charge in [-0.3, -0.25) is 18.5 Å². The molecule has 8 nitrogen and oxygen atoms in total. The number of benzene rings is 1. The van der Waals surface area contributed by atoms with Gasteiger partial charge in [-0.25, -0.2) is 13.9 Å². The van der Waals surface area contributed by atoms with Crippen molar-refractivity contribution in [2.45, 2.75) is 47.2 Å². The van der Waals surface area contributed by atoms with Crippen LogP contribution in [0, 0.1) is 26.6 Å². The standard InChI is InChI=1S/C22H25FN6O2/c1-12(2)28-18-19(24-21(28)29-15(5)13(3)14(4)25-29)26(6)22(31)27(20(18)30)11-16-9-7-8-10-17(16)23/h7-10,12H,11H2,1-6H3. The molecule has 0 saturated carbocycles. The van der Waals surface area contributed by atoms with Gasteiger partial charge in [-0.15, -0.1) is 0 Å². The Morgan fingerprint density at radius 3 is 2.35 bits per heavy atom. The molecule has 1 aromatic carbocycles. The maximum Gasteiger partial charge on any atom is 0.332 e. The van der Waals surface area contributed by atoms with Gasteiger partial charge < -0.3 is 0 Å². The largest absolute Gasteiger partial charge is 0.332 e. The first-order chi connectivity index (χ1) is 14.6. The summed E-state index contributed by atoms with van der Waals surface area (Å²) in [6.07, 6.45) is 0. The van der Waals surface area contributed by atoms with E-state index in [1.54, 1.807) is 34.5 Å². The first-order valence-corrected chi connectivity index (χ1v) is 10.1. The van der Waals surface area contributed by atoms with Crippen LogP contribution in [0.2, 0.25) is 0 Å². The van der Waals surface area contributed by atoms with E-state index in [1.807, 2.05) is 34.6 Å². The summed E-state index contributed by atoms with van der Waals surface area (Å²) < 4.78 is 20.1. The Balaban J connectivity index is 2.06. The van der Waals surface area contributed by atoms with Crippen molar-refractivity contribution in [3.63, 3.8) is 0 Å². The minimum Gasteiger partial charge on any atom is -0.300 e. The van der Waals surface area contributed by atoms with Gasteiger partial charge in [0.2, 0.25) is 5.95 Å². The van der Waals surface area contributed by atoms with Gasteiger partial charge in [-0.05, 0) is 46.2 Å². The predicted octanol–water partition coefficient (Wildman–Crippen LogP) is 2.78. The minimum atomic E-state index is -0.551. The first-order valence-electron chi connectivity index (χ1n) is 10.1.